The molecule has 0 saturated heterocycles. The van der Waals surface area contributed by atoms with E-state index in [-0.39, 0.29) is 23.0 Å². The number of nitrogens with one attached hydrogen (secondary N) is 2. The largest absolute Gasteiger partial charge is 0.321 e. The minimum Gasteiger partial charge on any atom is -0.321 e. The number of aryl methyl sites for hydroxylation is 3. The van der Waals surface area contributed by atoms with Crippen molar-refractivity contribution < 1.29 is 18.4 Å². The summed E-state index contributed by atoms with van der Waals surface area (Å²) in [7, 11) is 0. The average Bonchev–Trinajstić information content (AvgIpc) is 3.10. The van der Waals surface area contributed by atoms with E-state index in [1.165, 1.54) is 18.3 Å². The number of thiazole rings is 1. The Hall–Kier alpha value is -3.13. The average molecular weight is 415 g/mol. The molecule has 0 radical (unpaired) electrons. The van der Waals surface area contributed by atoms with Gasteiger partial charge in [0.25, 0.3) is 5.91 Å². The number of anilines is 2. The van der Waals surface area contributed by atoms with Crippen molar-refractivity contribution in [2.24, 2.45) is 0 Å². The number of nitrogens with zero attached hydrogens (tertiary/aromatic N) is 1. The highest BCUT2D eigenvalue weighted by Gasteiger charge is 2.16. The third-order valence-corrected chi connectivity index (χ3v) is 5.19. The minimum atomic E-state index is -1.05. The molecular formula is C21H19F2N3O2S. The molecule has 0 spiro atoms. The second-order valence-electron chi connectivity index (χ2n) is 6.70. The summed E-state index contributed by atoms with van der Waals surface area (Å²) in [6.45, 7) is 5.82. The van der Waals surface area contributed by atoms with E-state index in [1.807, 2.05) is 32.9 Å². The van der Waals surface area contributed by atoms with Crippen LogP contribution < -0.4 is 10.6 Å². The molecule has 5 nitrogen and oxygen atoms in total. The van der Waals surface area contributed by atoms with Crippen molar-refractivity contribution in [3.63, 3.8) is 0 Å². The molecule has 0 fully saturated rings. The number of amides is 2. The summed E-state index contributed by atoms with van der Waals surface area (Å²) >= 11 is 0.998. The van der Waals surface area contributed by atoms with Gasteiger partial charge in [0.1, 0.15) is 4.88 Å². The van der Waals surface area contributed by atoms with Gasteiger partial charge in [-0.15, -0.1) is 0 Å². The van der Waals surface area contributed by atoms with E-state index in [1.54, 1.807) is 0 Å². The fraction of sp³-hybridized carbons (Fsp3) is 0.190. The Bertz CT molecular complexity index is 1070. The van der Waals surface area contributed by atoms with Crippen molar-refractivity contribution in [2.75, 3.05) is 10.6 Å². The molecule has 3 rings (SSSR count). The fourth-order valence-corrected chi connectivity index (χ4v) is 3.74. The molecule has 0 aliphatic carbocycles. The lowest BCUT2D eigenvalue weighted by Crippen LogP contribution is -2.15. The highest BCUT2D eigenvalue weighted by molar-refractivity contribution is 7.17. The third-order valence-electron chi connectivity index (χ3n) is 4.27. The fourth-order valence-electron chi connectivity index (χ4n) is 3.01. The molecule has 1 heterocycles. The van der Waals surface area contributed by atoms with Gasteiger partial charge in [-0.2, -0.15) is 0 Å². The molecule has 0 unspecified atom stereocenters. The number of carbonyl (C=O) groups is 2. The normalized spacial score (nSPS) is 10.7. The van der Waals surface area contributed by atoms with Crippen molar-refractivity contribution in [2.45, 2.75) is 27.2 Å². The Morgan fingerprint density at radius 1 is 1.07 bits per heavy atom. The van der Waals surface area contributed by atoms with E-state index < -0.39 is 17.5 Å². The van der Waals surface area contributed by atoms with E-state index in [9.17, 15) is 18.4 Å². The molecular weight excluding hydrogens is 396 g/mol. The Balaban J connectivity index is 1.67. The van der Waals surface area contributed by atoms with Crippen molar-refractivity contribution in [1.29, 1.82) is 0 Å². The maximum atomic E-state index is 13.7. The number of carbonyl (C=O) groups excluding carboxylic acids is 2. The highest BCUT2D eigenvalue weighted by Crippen LogP contribution is 2.25. The standard InChI is InChI=1S/C21H19F2N3O2S/c1-11-7-12(2)19(13(3)8-11)26-20(28)16-10-24-21(29-16)25-17(27)9-14-5-4-6-15(22)18(14)23/h4-8,10H,9H2,1-3H3,(H,26,28)(H,24,25,27). The first-order valence-corrected chi connectivity index (χ1v) is 9.64. The second kappa shape index (κ2) is 8.48. The van der Waals surface area contributed by atoms with E-state index in [0.29, 0.717) is 4.88 Å². The molecule has 2 aromatic carbocycles. The second-order valence-corrected chi connectivity index (χ2v) is 7.73. The summed E-state index contributed by atoms with van der Waals surface area (Å²) < 4.78 is 26.9. The molecule has 0 aliphatic heterocycles. The zero-order valence-electron chi connectivity index (χ0n) is 16.1. The Morgan fingerprint density at radius 2 is 1.76 bits per heavy atom. The van der Waals surface area contributed by atoms with Crippen LogP contribution in [0.25, 0.3) is 0 Å². The maximum absolute atomic E-state index is 13.7. The van der Waals surface area contributed by atoms with Crippen LogP contribution in [-0.4, -0.2) is 16.8 Å². The number of hydrogen-bond donors (Lipinski definition) is 2. The summed E-state index contributed by atoms with van der Waals surface area (Å²) in [4.78, 5) is 29.0. The van der Waals surface area contributed by atoms with Crippen LogP contribution in [0.15, 0.2) is 36.5 Å². The highest BCUT2D eigenvalue weighted by atomic mass is 32.1. The monoisotopic (exact) mass is 415 g/mol. The number of benzene rings is 2. The lowest BCUT2D eigenvalue weighted by molar-refractivity contribution is -0.115. The number of rotatable bonds is 5. The first-order valence-electron chi connectivity index (χ1n) is 8.82. The van der Waals surface area contributed by atoms with E-state index >= 15 is 0 Å². The smallest absolute Gasteiger partial charge is 0.267 e. The van der Waals surface area contributed by atoms with Gasteiger partial charge in [-0.1, -0.05) is 41.2 Å². The summed E-state index contributed by atoms with van der Waals surface area (Å²) in [6, 6.07) is 7.62. The lowest BCUT2D eigenvalue weighted by Gasteiger charge is -2.12. The molecule has 150 valence electrons. The SMILES string of the molecule is Cc1cc(C)c(NC(=O)c2cnc(NC(=O)Cc3cccc(F)c3F)s2)c(C)c1. The van der Waals surface area contributed by atoms with Gasteiger partial charge in [0, 0.05) is 11.3 Å². The van der Waals surface area contributed by atoms with Crippen molar-refractivity contribution in [1.82, 2.24) is 4.98 Å². The van der Waals surface area contributed by atoms with Gasteiger partial charge in [0.05, 0.1) is 12.6 Å². The molecule has 0 bridgehead atoms. The molecule has 0 saturated carbocycles. The van der Waals surface area contributed by atoms with Crippen molar-refractivity contribution in [3.05, 3.63) is 75.3 Å². The van der Waals surface area contributed by atoms with Gasteiger partial charge in [0.2, 0.25) is 5.91 Å². The molecule has 8 heteroatoms. The first kappa shape index (κ1) is 20.6. The van der Waals surface area contributed by atoms with Crippen LogP contribution >= 0.6 is 11.3 Å². The predicted octanol–water partition coefficient (Wildman–Crippen LogP) is 4.78. The van der Waals surface area contributed by atoms with E-state index in [2.05, 4.69) is 15.6 Å². The summed E-state index contributed by atoms with van der Waals surface area (Å²) in [6.07, 6.45) is 1.02. The molecule has 2 amide bonds. The van der Waals surface area contributed by atoms with Crippen LogP contribution in [0.5, 0.6) is 0 Å². The van der Waals surface area contributed by atoms with Gasteiger partial charge in [-0.05, 0) is 38.0 Å². The van der Waals surface area contributed by atoms with E-state index in [4.69, 9.17) is 0 Å². The number of halogens is 2. The van der Waals surface area contributed by atoms with Crippen LogP contribution in [0, 0.1) is 32.4 Å². The summed E-state index contributed by atoms with van der Waals surface area (Å²) in [5.74, 6) is -2.95. The van der Waals surface area contributed by atoms with Crippen molar-refractivity contribution >= 4 is 34.0 Å². The predicted molar refractivity (Wildman–Crippen MR) is 109 cm³/mol. The number of hydrogen-bond acceptors (Lipinski definition) is 4. The van der Waals surface area contributed by atoms with Gasteiger partial charge in [0.15, 0.2) is 16.8 Å². The van der Waals surface area contributed by atoms with Crippen LogP contribution in [0.1, 0.15) is 31.9 Å². The Morgan fingerprint density at radius 3 is 2.45 bits per heavy atom. The van der Waals surface area contributed by atoms with E-state index in [0.717, 1.165) is 39.8 Å². The van der Waals surface area contributed by atoms with Gasteiger partial charge in [-0.25, -0.2) is 13.8 Å². The van der Waals surface area contributed by atoms with Gasteiger partial charge >= 0.3 is 0 Å². The molecule has 0 aliphatic rings. The number of aromatic nitrogens is 1. The van der Waals surface area contributed by atoms with Gasteiger partial charge in [-0.3, -0.25) is 9.59 Å². The Labute approximate surface area is 170 Å². The minimum absolute atomic E-state index is 0.0534. The first-order chi connectivity index (χ1) is 13.7. The zero-order valence-corrected chi connectivity index (χ0v) is 16.9. The molecule has 29 heavy (non-hydrogen) atoms. The van der Waals surface area contributed by atoms with Crippen LogP contribution in [0.2, 0.25) is 0 Å². The maximum Gasteiger partial charge on any atom is 0.267 e. The van der Waals surface area contributed by atoms with Crippen LogP contribution in [0.4, 0.5) is 19.6 Å². The molecule has 2 N–H and O–H groups in total. The van der Waals surface area contributed by atoms with Crippen LogP contribution in [0.3, 0.4) is 0 Å². The molecule has 1 aromatic heterocycles. The summed E-state index contributed by atoms with van der Waals surface area (Å²) in [5, 5.41) is 5.58. The molecule has 0 atom stereocenters. The topological polar surface area (TPSA) is 71.1 Å². The lowest BCUT2D eigenvalue weighted by atomic mass is 10.1. The molecule has 3 aromatic rings. The van der Waals surface area contributed by atoms with Gasteiger partial charge < -0.3 is 10.6 Å². The van der Waals surface area contributed by atoms with Crippen molar-refractivity contribution in [3.8, 4) is 0 Å². The Kier molecular flexibility index (Phi) is 6.03. The summed E-state index contributed by atoms with van der Waals surface area (Å²) in [5.41, 5.74) is 3.69. The quantitative estimate of drug-likeness (QED) is 0.630. The zero-order chi connectivity index (χ0) is 21.1. The van der Waals surface area contributed by atoms with Crippen LogP contribution in [-0.2, 0) is 11.2 Å². The third kappa shape index (κ3) is 4.83.